The van der Waals surface area contributed by atoms with E-state index in [4.69, 9.17) is 5.73 Å². The zero-order valence-corrected chi connectivity index (χ0v) is 14.5. The molecule has 21 heavy (non-hydrogen) atoms. The molecular weight excluding hydrogens is 424 g/mol. The number of nitrogens with two attached hydrogens (primary N) is 1. The standard InChI is InChI=1S/C13H10Br2N2O3S/c14-6-4-7(13(19)20)11(8(15)5-6)17-12(18)10(16)9-2-1-3-21-9/h1-5,10H,16H2,(H,17,18)(H,19,20). The molecule has 8 heteroatoms. The maximum atomic E-state index is 12.2. The number of carboxylic acid groups (broad SMARTS) is 1. The summed E-state index contributed by atoms with van der Waals surface area (Å²) < 4.78 is 1.05. The van der Waals surface area contributed by atoms with Gasteiger partial charge in [-0.15, -0.1) is 11.3 Å². The van der Waals surface area contributed by atoms with Gasteiger partial charge < -0.3 is 16.2 Å². The van der Waals surface area contributed by atoms with Crippen molar-refractivity contribution in [3.05, 3.63) is 49.0 Å². The average Bonchev–Trinajstić information content (AvgIpc) is 2.94. The van der Waals surface area contributed by atoms with Gasteiger partial charge in [0.2, 0.25) is 5.91 Å². The number of rotatable bonds is 4. The zero-order chi connectivity index (χ0) is 15.6. The first-order valence-corrected chi connectivity index (χ1v) is 8.19. The van der Waals surface area contributed by atoms with Crippen LogP contribution in [0.1, 0.15) is 21.3 Å². The van der Waals surface area contributed by atoms with E-state index < -0.39 is 17.9 Å². The Bertz CT molecular complexity index is 689. The summed E-state index contributed by atoms with van der Waals surface area (Å²) in [6.07, 6.45) is 0. The Morgan fingerprint density at radius 1 is 1.33 bits per heavy atom. The first kappa shape index (κ1) is 16.2. The van der Waals surface area contributed by atoms with Crippen LogP contribution < -0.4 is 11.1 Å². The van der Waals surface area contributed by atoms with Crippen LogP contribution in [0.3, 0.4) is 0 Å². The van der Waals surface area contributed by atoms with Crippen LogP contribution in [-0.4, -0.2) is 17.0 Å². The lowest BCUT2D eigenvalue weighted by Crippen LogP contribution is -2.28. The highest BCUT2D eigenvalue weighted by Gasteiger charge is 2.21. The van der Waals surface area contributed by atoms with Crippen molar-refractivity contribution in [2.45, 2.75) is 6.04 Å². The number of anilines is 1. The molecule has 0 saturated carbocycles. The van der Waals surface area contributed by atoms with Crippen molar-refractivity contribution in [1.82, 2.24) is 0 Å². The Labute approximate surface area is 141 Å². The Morgan fingerprint density at radius 3 is 2.62 bits per heavy atom. The lowest BCUT2D eigenvalue weighted by Gasteiger charge is -2.14. The van der Waals surface area contributed by atoms with E-state index in [1.807, 2.05) is 5.38 Å². The van der Waals surface area contributed by atoms with Crippen molar-refractivity contribution >= 4 is 60.8 Å². The molecule has 1 atom stereocenters. The second-order valence-electron chi connectivity index (χ2n) is 4.10. The Hall–Kier alpha value is -1.22. The van der Waals surface area contributed by atoms with Crippen molar-refractivity contribution in [3.8, 4) is 0 Å². The average molecular weight is 434 g/mol. The molecule has 0 saturated heterocycles. The van der Waals surface area contributed by atoms with E-state index in [0.717, 1.165) is 0 Å². The number of benzene rings is 1. The highest BCUT2D eigenvalue weighted by atomic mass is 79.9. The molecule has 5 nitrogen and oxygen atoms in total. The van der Waals surface area contributed by atoms with E-state index in [1.54, 1.807) is 18.2 Å². The molecule has 1 heterocycles. The fourth-order valence-corrected chi connectivity index (χ4v) is 3.72. The molecule has 1 unspecified atom stereocenters. The van der Waals surface area contributed by atoms with Gasteiger partial charge in [0.15, 0.2) is 0 Å². The summed E-state index contributed by atoms with van der Waals surface area (Å²) in [4.78, 5) is 24.2. The van der Waals surface area contributed by atoms with E-state index in [1.165, 1.54) is 17.4 Å². The van der Waals surface area contributed by atoms with Gasteiger partial charge in [-0.1, -0.05) is 22.0 Å². The molecule has 0 bridgehead atoms. The van der Waals surface area contributed by atoms with Crippen molar-refractivity contribution in [2.75, 3.05) is 5.32 Å². The minimum Gasteiger partial charge on any atom is -0.478 e. The first-order chi connectivity index (χ1) is 9.90. The van der Waals surface area contributed by atoms with Gasteiger partial charge in [-0.2, -0.15) is 0 Å². The number of halogens is 2. The van der Waals surface area contributed by atoms with Gasteiger partial charge in [0.25, 0.3) is 0 Å². The smallest absolute Gasteiger partial charge is 0.337 e. The number of carboxylic acids is 1. The Kier molecular flexibility index (Phi) is 5.15. The molecule has 0 fully saturated rings. The molecule has 2 rings (SSSR count). The minimum absolute atomic E-state index is 0.0250. The SMILES string of the molecule is NC(C(=O)Nc1c(Br)cc(Br)cc1C(=O)O)c1cccs1. The Morgan fingerprint density at radius 2 is 2.05 bits per heavy atom. The number of nitrogens with one attached hydrogen (secondary N) is 1. The molecule has 1 amide bonds. The van der Waals surface area contributed by atoms with E-state index in [0.29, 0.717) is 13.8 Å². The van der Waals surface area contributed by atoms with Crippen LogP contribution >= 0.6 is 43.2 Å². The maximum absolute atomic E-state index is 12.2. The molecule has 0 aliphatic carbocycles. The topological polar surface area (TPSA) is 92.4 Å². The molecule has 2 aromatic rings. The number of carbonyl (C=O) groups excluding carboxylic acids is 1. The van der Waals surface area contributed by atoms with Crippen molar-refractivity contribution in [3.63, 3.8) is 0 Å². The van der Waals surface area contributed by atoms with Gasteiger partial charge in [-0.05, 0) is 39.5 Å². The molecule has 1 aromatic heterocycles. The second-order valence-corrected chi connectivity index (χ2v) is 6.85. The van der Waals surface area contributed by atoms with Crippen molar-refractivity contribution in [2.24, 2.45) is 5.73 Å². The summed E-state index contributed by atoms with van der Waals surface area (Å²) in [5.74, 6) is -1.61. The van der Waals surface area contributed by atoms with Gasteiger partial charge >= 0.3 is 5.97 Å². The van der Waals surface area contributed by atoms with E-state index in [-0.39, 0.29) is 11.3 Å². The molecule has 4 N–H and O–H groups in total. The number of hydrogen-bond donors (Lipinski definition) is 3. The van der Waals surface area contributed by atoms with E-state index in [2.05, 4.69) is 37.2 Å². The predicted molar refractivity (Wildman–Crippen MR) is 88.7 cm³/mol. The fraction of sp³-hybridized carbons (Fsp3) is 0.0769. The highest BCUT2D eigenvalue weighted by Crippen LogP contribution is 2.31. The van der Waals surface area contributed by atoms with E-state index >= 15 is 0 Å². The van der Waals surface area contributed by atoms with Crippen LogP contribution in [-0.2, 0) is 4.79 Å². The molecule has 0 aliphatic rings. The normalized spacial score (nSPS) is 12.0. The summed E-state index contributed by atoms with van der Waals surface area (Å²) in [5, 5.41) is 13.6. The van der Waals surface area contributed by atoms with Gasteiger partial charge in [-0.3, -0.25) is 4.79 Å². The molecule has 110 valence electrons. The highest BCUT2D eigenvalue weighted by molar-refractivity contribution is 9.11. The molecule has 0 aliphatic heterocycles. The predicted octanol–water partition coefficient (Wildman–Crippen LogP) is 3.61. The van der Waals surface area contributed by atoms with Crippen LogP contribution in [0.2, 0.25) is 0 Å². The van der Waals surface area contributed by atoms with Crippen molar-refractivity contribution in [1.29, 1.82) is 0 Å². The van der Waals surface area contributed by atoms with Crippen LogP contribution in [0.25, 0.3) is 0 Å². The molecule has 0 spiro atoms. The van der Waals surface area contributed by atoms with Gasteiger partial charge in [-0.25, -0.2) is 4.79 Å². The van der Waals surface area contributed by atoms with Crippen LogP contribution in [0.4, 0.5) is 5.69 Å². The minimum atomic E-state index is -1.14. The van der Waals surface area contributed by atoms with Gasteiger partial charge in [0.1, 0.15) is 6.04 Å². The number of aromatic carboxylic acids is 1. The number of hydrogen-bond acceptors (Lipinski definition) is 4. The number of carbonyl (C=O) groups is 2. The quantitative estimate of drug-likeness (QED) is 0.686. The van der Waals surface area contributed by atoms with E-state index in [9.17, 15) is 14.7 Å². The third kappa shape index (κ3) is 3.70. The van der Waals surface area contributed by atoms with Crippen LogP contribution in [0.15, 0.2) is 38.6 Å². The largest absolute Gasteiger partial charge is 0.478 e. The second kappa shape index (κ2) is 6.69. The third-order valence-electron chi connectivity index (χ3n) is 2.67. The van der Waals surface area contributed by atoms with Gasteiger partial charge in [0.05, 0.1) is 11.3 Å². The van der Waals surface area contributed by atoms with Crippen LogP contribution in [0.5, 0.6) is 0 Å². The van der Waals surface area contributed by atoms with Crippen molar-refractivity contribution < 1.29 is 14.7 Å². The zero-order valence-electron chi connectivity index (χ0n) is 10.5. The Balaban J connectivity index is 2.31. The lowest BCUT2D eigenvalue weighted by molar-refractivity contribution is -0.117. The lowest BCUT2D eigenvalue weighted by atomic mass is 10.1. The van der Waals surface area contributed by atoms with Crippen LogP contribution in [0, 0.1) is 0 Å². The molecule has 0 radical (unpaired) electrons. The summed E-state index contributed by atoms with van der Waals surface area (Å²) in [5.41, 5.74) is 6.02. The first-order valence-electron chi connectivity index (χ1n) is 5.72. The summed E-state index contributed by atoms with van der Waals surface area (Å²) in [6.45, 7) is 0. The fourth-order valence-electron chi connectivity index (χ4n) is 1.67. The number of amides is 1. The third-order valence-corrected chi connectivity index (χ3v) is 4.70. The molecular formula is C13H10Br2N2O3S. The maximum Gasteiger partial charge on any atom is 0.337 e. The summed E-state index contributed by atoms with van der Waals surface area (Å²) in [6, 6.07) is 5.77. The van der Waals surface area contributed by atoms with Gasteiger partial charge in [0, 0.05) is 13.8 Å². The summed E-state index contributed by atoms with van der Waals surface area (Å²) in [7, 11) is 0. The summed E-state index contributed by atoms with van der Waals surface area (Å²) >= 11 is 7.83. The number of thiophene rings is 1. The molecule has 1 aromatic carbocycles. The monoisotopic (exact) mass is 432 g/mol.